The Bertz CT molecular complexity index is 976. The zero-order chi connectivity index (χ0) is 16.6. The van der Waals surface area contributed by atoms with Gasteiger partial charge in [-0.25, -0.2) is 4.79 Å². The highest BCUT2D eigenvalue weighted by Gasteiger charge is 2.15. The van der Waals surface area contributed by atoms with Gasteiger partial charge in [-0.05, 0) is 36.2 Å². The molecule has 0 radical (unpaired) electrons. The molecule has 4 nitrogen and oxygen atoms in total. The van der Waals surface area contributed by atoms with E-state index in [9.17, 15) is 14.7 Å². The number of pyridine rings is 1. The zero-order valence-electron chi connectivity index (χ0n) is 12.4. The molecule has 116 valence electrons. The fourth-order valence-corrected chi connectivity index (χ4v) is 2.98. The molecular formula is C18H14BrNO3. The molecule has 0 spiro atoms. The number of carboxylic acids is 1. The third-order valence-electron chi connectivity index (χ3n) is 3.87. The maximum absolute atomic E-state index is 12.4. The van der Waals surface area contributed by atoms with Gasteiger partial charge in [-0.2, -0.15) is 0 Å². The van der Waals surface area contributed by atoms with Gasteiger partial charge in [0.25, 0.3) is 0 Å². The lowest BCUT2D eigenvalue weighted by molar-refractivity contribution is 0.0695. The Morgan fingerprint density at radius 1 is 1.22 bits per heavy atom. The van der Waals surface area contributed by atoms with Crippen LogP contribution in [-0.2, 0) is 6.54 Å². The maximum Gasteiger partial charge on any atom is 0.341 e. The molecule has 0 aliphatic carbocycles. The number of benzene rings is 2. The van der Waals surface area contributed by atoms with Gasteiger partial charge in [0.2, 0.25) is 5.43 Å². The minimum absolute atomic E-state index is 0.218. The van der Waals surface area contributed by atoms with Gasteiger partial charge in [0.1, 0.15) is 5.56 Å². The highest BCUT2D eigenvalue weighted by Crippen LogP contribution is 2.20. The molecule has 1 heterocycles. The van der Waals surface area contributed by atoms with Gasteiger partial charge >= 0.3 is 5.97 Å². The topological polar surface area (TPSA) is 59.3 Å². The van der Waals surface area contributed by atoms with E-state index in [0.717, 1.165) is 15.6 Å². The van der Waals surface area contributed by atoms with Crippen LogP contribution in [0.1, 0.15) is 21.5 Å². The number of halogens is 1. The van der Waals surface area contributed by atoms with E-state index in [1.807, 2.05) is 47.9 Å². The number of hydrogen-bond acceptors (Lipinski definition) is 2. The standard InChI is InChI=1S/C18H14BrNO3/c1-11-4-2-3-5-12(11)9-20-10-15(18(22)23)17(21)14-8-13(19)6-7-16(14)20/h2-8,10H,9H2,1H3,(H,22,23). The first-order valence-corrected chi connectivity index (χ1v) is 7.87. The number of carbonyl (C=O) groups is 1. The van der Waals surface area contributed by atoms with Gasteiger partial charge in [-0.3, -0.25) is 4.79 Å². The molecule has 2 aromatic carbocycles. The first kappa shape index (κ1) is 15.5. The summed E-state index contributed by atoms with van der Waals surface area (Å²) in [6, 6.07) is 13.2. The lowest BCUT2D eigenvalue weighted by Crippen LogP contribution is -2.19. The minimum Gasteiger partial charge on any atom is -0.477 e. The fourth-order valence-electron chi connectivity index (χ4n) is 2.62. The molecule has 1 aromatic heterocycles. The average Bonchev–Trinajstić information content (AvgIpc) is 2.52. The van der Waals surface area contributed by atoms with Crippen LogP contribution in [0.15, 0.2) is 57.9 Å². The smallest absolute Gasteiger partial charge is 0.341 e. The van der Waals surface area contributed by atoms with Crippen LogP contribution in [0.4, 0.5) is 0 Å². The van der Waals surface area contributed by atoms with E-state index in [2.05, 4.69) is 15.9 Å². The van der Waals surface area contributed by atoms with Gasteiger partial charge in [0.05, 0.1) is 5.52 Å². The summed E-state index contributed by atoms with van der Waals surface area (Å²) in [4.78, 5) is 23.8. The van der Waals surface area contributed by atoms with Crippen molar-refractivity contribution in [2.45, 2.75) is 13.5 Å². The largest absolute Gasteiger partial charge is 0.477 e. The summed E-state index contributed by atoms with van der Waals surface area (Å²) in [5.74, 6) is -1.21. The highest BCUT2D eigenvalue weighted by molar-refractivity contribution is 9.10. The number of aryl methyl sites for hydroxylation is 1. The van der Waals surface area contributed by atoms with E-state index in [-0.39, 0.29) is 5.56 Å². The molecule has 23 heavy (non-hydrogen) atoms. The molecular weight excluding hydrogens is 358 g/mol. The van der Waals surface area contributed by atoms with Crippen molar-refractivity contribution in [3.05, 3.63) is 80.0 Å². The van der Waals surface area contributed by atoms with Crippen molar-refractivity contribution in [2.24, 2.45) is 0 Å². The SMILES string of the molecule is Cc1ccccc1Cn1cc(C(=O)O)c(=O)c2cc(Br)ccc21. The monoisotopic (exact) mass is 371 g/mol. The van der Waals surface area contributed by atoms with Gasteiger partial charge in [0.15, 0.2) is 0 Å². The van der Waals surface area contributed by atoms with E-state index in [1.165, 1.54) is 6.20 Å². The van der Waals surface area contributed by atoms with Crippen LogP contribution in [0.3, 0.4) is 0 Å². The van der Waals surface area contributed by atoms with Crippen LogP contribution in [0.2, 0.25) is 0 Å². The Balaban J connectivity index is 2.27. The lowest BCUT2D eigenvalue weighted by Gasteiger charge is -2.14. The maximum atomic E-state index is 12.4. The van der Waals surface area contributed by atoms with Gasteiger partial charge in [-0.1, -0.05) is 40.2 Å². The fraction of sp³-hybridized carbons (Fsp3) is 0.111. The Kier molecular flexibility index (Phi) is 4.05. The first-order valence-electron chi connectivity index (χ1n) is 7.08. The molecule has 1 N–H and O–H groups in total. The molecule has 0 aliphatic heterocycles. The Hall–Kier alpha value is -2.40. The third kappa shape index (κ3) is 2.92. The van der Waals surface area contributed by atoms with Crippen molar-refractivity contribution in [3.63, 3.8) is 0 Å². The summed E-state index contributed by atoms with van der Waals surface area (Å²) in [6.45, 7) is 2.51. The second kappa shape index (κ2) is 6.01. The molecule has 0 bridgehead atoms. The average molecular weight is 372 g/mol. The van der Waals surface area contributed by atoms with E-state index >= 15 is 0 Å². The summed E-state index contributed by atoms with van der Waals surface area (Å²) in [6.07, 6.45) is 1.42. The minimum atomic E-state index is -1.21. The van der Waals surface area contributed by atoms with Crippen LogP contribution in [0, 0.1) is 6.92 Å². The van der Waals surface area contributed by atoms with Crippen LogP contribution in [0.25, 0.3) is 10.9 Å². The van der Waals surface area contributed by atoms with Crippen molar-refractivity contribution >= 4 is 32.8 Å². The van der Waals surface area contributed by atoms with E-state index < -0.39 is 11.4 Å². The van der Waals surface area contributed by atoms with Gasteiger partial charge in [0, 0.05) is 22.6 Å². The predicted molar refractivity (Wildman–Crippen MR) is 93.1 cm³/mol. The lowest BCUT2D eigenvalue weighted by atomic mass is 10.1. The van der Waals surface area contributed by atoms with Crippen LogP contribution in [0.5, 0.6) is 0 Å². The van der Waals surface area contributed by atoms with Crippen molar-refractivity contribution < 1.29 is 9.90 Å². The second-order valence-electron chi connectivity index (χ2n) is 5.39. The molecule has 0 fully saturated rings. The Morgan fingerprint density at radius 3 is 2.65 bits per heavy atom. The van der Waals surface area contributed by atoms with Gasteiger partial charge in [-0.15, -0.1) is 0 Å². The second-order valence-corrected chi connectivity index (χ2v) is 6.31. The van der Waals surface area contributed by atoms with E-state index in [0.29, 0.717) is 17.4 Å². The Labute approximate surface area is 141 Å². The summed E-state index contributed by atoms with van der Waals surface area (Å²) in [5.41, 5.74) is 2.23. The Morgan fingerprint density at radius 2 is 1.96 bits per heavy atom. The van der Waals surface area contributed by atoms with Crippen molar-refractivity contribution in [2.75, 3.05) is 0 Å². The quantitative estimate of drug-likeness (QED) is 0.761. The van der Waals surface area contributed by atoms with Crippen molar-refractivity contribution in [1.82, 2.24) is 4.57 Å². The van der Waals surface area contributed by atoms with Gasteiger partial charge < -0.3 is 9.67 Å². The summed E-state index contributed by atoms with van der Waals surface area (Å²) in [7, 11) is 0. The molecule has 3 aromatic rings. The number of aromatic carboxylic acids is 1. The molecule has 3 rings (SSSR count). The number of hydrogen-bond donors (Lipinski definition) is 1. The number of fused-ring (bicyclic) bond motifs is 1. The summed E-state index contributed by atoms with van der Waals surface area (Å²) < 4.78 is 2.56. The first-order chi connectivity index (χ1) is 11.0. The van der Waals surface area contributed by atoms with Crippen molar-refractivity contribution in [3.8, 4) is 0 Å². The molecule has 0 amide bonds. The number of aromatic nitrogens is 1. The van der Waals surface area contributed by atoms with Crippen LogP contribution < -0.4 is 5.43 Å². The molecule has 0 atom stereocenters. The third-order valence-corrected chi connectivity index (χ3v) is 4.37. The number of rotatable bonds is 3. The number of carboxylic acid groups (broad SMARTS) is 1. The van der Waals surface area contributed by atoms with Crippen LogP contribution >= 0.6 is 15.9 Å². The summed E-state index contributed by atoms with van der Waals surface area (Å²) in [5, 5.41) is 9.71. The van der Waals surface area contributed by atoms with E-state index in [4.69, 9.17) is 0 Å². The highest BCUT2D eigenvalue weighted by atomic mass is 79.9. The zero-order valence-corrected chi connectivity index (χ0v) is 14.0. The normalized spacial score (nSPS) is 10.9. The summed E-state index contributed by atoms with van der Waals surface area (Å²) >= 11 is 3.34. The molecule has 0 saturated heterocycles. The van der Waals surface area contributed by atoms with E-state index in [1.54, 1.807) is 6.07 Å². The predicted octanol–water partition coefficient (Wildman–Crippen LogP) is 3.82. The molecule has 0 aliphatic rings. The number of nitrogens with zero attached hydrogens (tertiary/aromatic N) is 1. The van der Waals surface area contributed by atoms with Crippen molar-refractivity contribution in [1.29, 1.82) is 0 Å². The molecule has 5 heteroatoms. The molecule has 0 unspecified atom stereocenters. The molecule has 0 saturated carbocycles. The van der Waals surface area contributed by atoms with Crippen LogP contribution in [-0.4, -0.2) is 15.6 Å².